The van der Waals surface area contributed by atoms with Crippen LogP contribution in [0.25, 0.3) is 10.9 Å². The molecule has 2 rings (SSSR count). The monoisotopic (exact) mass is 258 g/mol. The molecule has 3 heteroatoms. The summed E-state index contributed by atoms with van der Waals surface area (Å²) in [6, 6.07) is 10.6. The summed E-state index contributed by atoms with van der Waals surface area (Å²) in [5, 5.41) is 4.70. The highest BCUT2D eigenvalue weighted by molar-refractivity contribution is 5.79. The predicted octanol–water partition coefficient (Wildman–Crippen LogP) is 3.06. The fourth-order valence-electron chi connectivity index (χ4n) is 2.14. The van der Waals surface area contributed by atoms with Crippen molar-refractivity contribution >= 4 is 10.9 Å². The van der Waals surface area contributed by atoms with Gasteiger partial charge in [-0.05, 0) is 44.5 Å². The van der Waals surface area contributed by atoms with Crippen LogP contribution in [0.3, 0.4) is 0 Å². The van der Waals surface area contributed by atoms with E-state index in [2.05, 4.69) is 54.5 Å². The van der Waals surface area contributed by atoms with Crippen molar-refractivity contribution in [3.05, 3.63) is 41.6 Å². The summed E-state index contributed by atoms with van der Waals surface area (Å²) in [6.07, 6.45) is 0. The third-order valence-electron chi connectivity index (χ3n) is 3.17. The van der Waals surface area contributed by atoms with Crippen molar-refractivity contribution in [1.29, 1.82) is 0 Å². The maximum Gasteiger partial charge on any atom is 0.0705 e. The molecule has 0 aliphatic carbocycles. The predicted molar refractivity (Wildman–Crippen MR) is 79.3 cm³/mol. The Morgan fingerprint density at radius 1 is 1.21 bits per heavy atom. The van der Waals surface area contributed by atoms with E-state index in [0.717, 1.165) is 17.8 Å². The molecule has 0 spiro atoms. The smallest absolute Gasteiger partial charge is 0.0705 e. The van der Waals surface area contributed by atoms with Gasteiger partial charge in [0.1, 0.15) is 0 Å². The highest BCUT2D eigenvalue weighted by Crippen LogP contribution is 2.15. The molecule has 0 fully saturated rings. The fourth-order valence-corrected chi connectivity index (χ4v) is 2.14. The molecular weight excluding hydrogens is 236 g/mol. The number of methoxy groups -OCH3 is 1. The second kappa shape index (κ2) is 5.68. The molecule has 0 bridgehead atoms. The second-order valence-electron chi connectivity index (χ2n) is 5.65. The Balaban J connectivity index is 2.11. The maximum absolute atomic E-state index is 5.21. The molecule has 0 radical (unpaired) electrons. The van der Waals surface area contributed by atoms with Crippen molar-refractivity contribution < 1.29 is 4.74 Å². The van der Waals surface area contributed by atoms with Gasteiger partial charge in [-0.3, -0.25) is 4.98 Å². The average molecular weight is 258 g/mol. The number of ether oxygens (including phenoxy) is 1. The van der Waals surface area contributed by atoms with Crippen LogP contribution in [0.15, 0.2) is 30.3 Å². The molecule has 1 aromatic heterocycles. The van der Waals surface area contributed by atoms with Gasteiger partial charge in [-0.1, -0.05) is 12.1 Å². The molecule has 1 heterocycles. The van der Waals surface area contributed by atoms with Crippen molar-refractivity contribution in [3.8, 4) is 0 Å². The van der Waals surface area contributed by atoms with E-state index in [1.54, 1.807) is 7.11 Å². The van der Waals surface area contributed by atoms with Crippen LogP contribution in [0.5, 0.6) is 0 Å². The zero-order chi connectivity index (χ0) is 13.9. The van der Waals surface area contributed by atoms with Gasteiger partial charge >= 0.3 is 0 Å². The Bertz CT molecular complexity index is 564. The summed E-state index contributed by atoms with van der Waals surface area (Å²) >= 11 is 0. The van der Waals surface area contributed by atoms with Gasteiger partial charge in [0.15, 0.2) is 0 Å². The van der Waals surface area contributed by atoms with Crippen LogP contribution in [0.2, 0.25) is 0 Å². The molecule has 1 N–H and O–H groups in total. The summed E-state index contributed by atoms with van der Waals surface area (Å²) in [5.74, 6) is 0. The Kier molecular flexibility index (Phi) is 4.17. The van der Waals surface area contributed by atoms with Gasteiger partial charge in [-0.15, -0.1) is 0 Å². The lowest BCUT2D eigenvalue weighted by atomic mass is 10.1. The van der Waals surface area contributed by atoms with Crippen LogP contribution in [0.4, 0.5) is 0 Å². The minimum Gasteiger partial charge on any atom is -0.383 e. The summed E-state index contributed by atoms with van der Waals surface area (Å²) < 4.78 is 5.21. The van der Waals surface area contributed by atoms with Crippen LogP contribution in [-0.2, 0) is 11.3 Å². The first-order chi connectivity index (χ1) is 9.00. The Labute approximate surface area is 115 Å². The summed E-state index contributed by atoms with van der Waals surface area (Å²) in [5.41, 5.74) is 3.36. The zero-order valence-electron chi connectivity index (χ0n) is 12.2. The number of benzene rings is 1. The number of rotatable bonds is 5. The van der Waals surface area contributed by atoms with E-state index in [9.17, 15) is 0 Å². The number of aromatic nitrogens is 1. The molecule has 0 atom stereocenters. The molecule has 2 aromatic rings. The zero-order valence-corrected chi connectivity index (χ0v) is 12.2. The number of aryl methyl sites for hydroxylation is 1. The van der Waals surface area contributed by atoms with Crippen LogP contribution in [0.1, 0.15) is 25.1 Å². The molecule has 102 valence electrons. The molecule has 0 saturated heterocycles. The highest BCUT2D eigenvalue weighted by Gasteiger charge is 2.16. The van der Waals surface area contributed by atoms with Crippen molar-refractivity contribution in [2.45, 2.75) is 32.9 Å². The van der Waals surface area contributed by atoms with Crippen molar-refractivity contribution in [2.75, 3.05) is 13.7 Å². The number of pyridine rings is 1. The van der Waals surface area contributed by atoms with E-state index in [0.29, 0.717) is 6.61 Å². The number of hydrogen-bond donors (Lipinski definition) is 1. The summed E-state index contributed by atoms with van der Waals surface area (Å²) in [4.78, 5) is 4.51. The number of nitrogens with zero attached hydrogens (tertiary/aromatic N) is 1. The minimum absolute atomic E-state index is 0.0186. The van der Waals surface area contributed by atoms with Crippen molar-refractivity contribution in [3.63, 3.8) is 0 Å². The van der Waals surface area contributed by atoms with Crippen LogP contribution >= 0.6 is 0 Å². The standard InChI is InChI=1S/C16H22N2O/c1-12-5-7-14-9-13(6-8-15(14)18-12)10-17-16(2,3)11-19-4/h5-9,17H,10-11H2,1-4H3. The van der Waals surface area contributed by atoms with Crippen LogP contribution in [-0.4, -0.2) is 24.2 Å². The average Bonchev–Trinajstić information content (AvgIpc) is 2.36. The molecule has 0 unspecified atom stereocenters. The molecule has 3 nitrogen and oxygen atoms in total. The van der Waals surface area contributed by atoms with Gasteiger partial charge in [-0.2, -0.15) is 0 Å². The number of nitrogens with one attached hydrogen (secondary N) is 1. The number of hydrogen-bond acceptors (Lipinski definition) is 3. The number of fused-ring (bicyclic) bond motifs is 1. The summed E-state index contributed by atoms with van der Waals surface area (Å²) in [6.45, 7) is 7.83. The Morgan fingerprint density at radius 3 is 2.74 bits per heavy atom. The molecular formula is C16H22N2O. The van der Waals surface area contributed by atoms with Crippen LogP contribution < -0.4 is 5.32 Å². The quantitative estimate of drug-likeness (QED) is 0.895. The van der Waals surface area contributed by atoms with Gasteiger partial charge in [0.2, 0.25) is 0 Å². The molecule has 19 heavy (non-hydrogen) atoms. The minimum atomic E-state index is -0.0186. The Morgan fingerprint density at radius 2 is 2.00 bits per heavy atom. The first-order valence-corrected chi connectivity index (χ1v) is 6.60. The molecule has 1 aromatic carbocycles. The van der Waals surface area contributed by atoms with E-state index in [4.69, 9.17) is 4.74 Å². The van der Waals surface area contributed by atoms with Crippen LogP contribution in [0, 0.1) is 6.92 Å². The lowest BCUT2D eigenvalue weighted by molar-refractivity contribution is 0.128. The van der Waals surface area contributed by atoms with E-state index in [1.165, 1.54) is 10.9 Å². The topological polar surface area (TPSA) is 34.1 Å². The lowest BCUT2D eigenvalue weighted by Gasteiger charge is -2.25. The van der Waals surface area contributed by atoms with Crippen molar-refractivity contribution in [2.24, 2.45) is 0 Å². The fraction of sp³-hybridized carbons (Fsp3) is 0.438. The largest absolute Gasteiger partial charge is 0.383 e. The van der Waals surface area contributed by atoms with Gasteiger partial charge in [0.05, 0.1) is 12.1 Å². The highest BCUT2D eigenvalue weighted by atomic mass is 16.5. The van der Waals surface area contributed by atoms with Gasteiger partial charge in [0, 0.05) is 30.3 Å². The molecule has 0 aliphatic rings. The molecule has 0 saturated carbocycles. The second-order valence-corrected chi connectivity index (χ2v) is 5.65. The Hall–Kier alpha value is -1.45. The van der Waals surface area contributed by atoms with E-state index in [1.807, 2.05) is 6.92 Å². The van der Waals surface area contributed by atoms with Gasteiger partial charge < -0.3 is 10.1 Å². The van der Waals surface area contributed by atoms with Crippen molar-refractivity contribution in [1.82, 2.24) is 10.3 Å². The lowest BCUT2D eigenvalue weighted by Crippen LogP contribution is -2.42. The third-order valence-corrected chi connectivity index (χ3v) is 3.17. The maximum atomic E-state index is 5.21. The van der Waals surface area contributed by atoms with E-state index >= 15 is 0 Å². The first-order valence-electron chi connectivity index (χ1n) is 6.60. The van der Waals surface area contributed by atoms with Gasteiger partial charge in [0.25, 0.3) is 0 Å². The molecule has 0 aliphatic heterocycles. The molecule has 0 amide bonds. The SMILES string of the molecule is COCC(C)(C)NCc1ccc2nc(C)ccc2c1. The first kappa shape index (κ1) is 14.0. The normalized spacial score (nSPS) is 12.0. The van der Waals surface area contributed by atoms with Gasteiger partial charge in [-0.25, -0.2) is 0 Å². The van der Waals surface area contributed by atoms with E-state index in [-0.39, 0.29) is 5.54 Å². The summed E-state index contributed by atoms with van der Waals surface area (Å²) in [7, 11) is 1.73. The van der Waals surface area contributed by atoms with E-state index < -0.39 is 0 Å². The third kappa shape index (κ3) is 3.75.